The maximum atomic E-state index is 12.4. The van der Waals surface area contributed by atoms with Crippen molar-refractivity contribution in [3.05, 3.63) is 72.3 Å². The fraction of sp³-hybridized carbons (Fsp3) is 0.0870. The Labute approximate surface area is 177 Å². The molecule has 3 aromatic carbocycles. The molecule has 0 saturated carbocycles. The Balaban J connectivity index is 1.44. The minimum atomic E-state index is -0.303. The zero-order valence-corrected chi connectivity index (χ0v) is 16.9. The van der Waals surface area contributed by atoms with Gasteiger partial charge in [0.05, 0.1) is 29.0 Å². The Morgan fingerprint density at radius 2 is 1.97 bits per heavy atom. The predicted octanol–water partition coefficient (Wildman–Crippen LogP) is 4.86. The third-order valence-corrected chi connectivity index (χ3v) is 5.42. The highest BCUT2D eigenvalue weighted by atomic mass is 32.1. The topological polar surface area (TPSA) is 84.2 Å². The molecule has 30 heavy (non-hydrogen) atoms. The number of carbonyl (C=O) groups excluding carboxylic acids is 1. The summed E-state index contributed by atoms with van der Waals surface area (Å²) in [4.78, 5) is 17.0. The van der Waals surface area contributed by atoms with E-state index < -0.39 is 0 Å². The van der Waals surface area contributed by atoms with Crippen LogP contribution in [0, 0.1) is 11.3 Å². The Kier molecular flexibility index (Phi) is 5.59. The third kappa shape index (κ3) is 4.24. The van der Waals surface area contributed by atoms with E-state index in [4.69, 9.17) is 14.7 Å². The van der Waals surface area contributed by atoms with Crippen molar-refractivity contribution in [2.75, 3.05) is 19.0 Å². The number of nitriles is 1. The molecule has 0 unspecified atom stereocenters. The number of thiazole rings is 1. The number of benzene rings is 3. The van der Waals surface area contributed by atoms with E-state index in [0.717, 1.165) is 20.8 Å². The van der Waals surface area contributed by atoms with E-state index in [1.54, 1.807) is 29.5 Å². The van der Waals surface area contributed by atoms with Gasteiger partial charge in [0.25, 0.3) is 5.91 Å². The highest BCUT2D eigenvalue weighted by molar-refractivity contribution is 7.21. The van der Waals surface area contributed by atoms with Crippen LogP contribution in [0.25, 0.3) is 20.8 Å². The number of nitrogens with zero attached hydrogens (tertiary/aromatic N) is 2. The predicted molar refractivity (Wildman–Crippen MR) is 117 cm³/mol. The molecule has 0 saturated heterocycles. The van der Waals surface area contributed by atoms with Gasteiger partial charge in [0.1, 0.15) is 5.01 Å². The van der Waals surface area contributed by atoms with Gasteiger partial charge in [-0.3, -0.25) is 4.79 Å². The Bertz CT molecular complexity index is 1230. The Morgan fingerprint density at radius 3 is 2.77 bits per heavy atom. The molecule has 0 radical (unpaired) electrons. The summed E-state index contributed by atoms with van der Waals surface area (Å²) in [7, 11) is 1.48. The molecule has 0 bridgehead atoms. The second-order valence-electron chi connectivity index (χ2n) is 6.38. The molecule has 0 aliphatic carbocycles. The summed E-state index contributed by atoms with van der Waals surface area (Å²) >= 11 is 1.61. The van der Waals surface area contributed by atoms with Gasteiger partial charge >= 0.3 is 0 Å². The molecule has 6 nitrogen and oxygen atoms in total. The summed E-state index contributed by atoms with van der Waals surface area (Å²) in [6.07, 6.45) is 0. The summed E-state index contributed by atoms with van der Waals surface area (Å²) in [6.45, 7) is -0.187. The van der Waals surface area contributed by atoms with Crippen LogP contribution in [0.15, 0.2) is 66.7 Å². The van der Waals surface area contributed by atoms with Crippen molar-refractivity contribution in [2.24, 2.45) is 0 Å². The lowest BCUT2D eigenvalue weighted by Gasteiger charge is -2.11. The van der Waals surface area contributed by atoms with Crippen molar-refractivity contribution >= 4 is 33.1 Å². The monoisotopic (exact) mass is 415 g/mol. The summed E-state index contributed by atoms with van der Waals surface area (Å²) in [5.74, 6) is 0.498. The average molecular weight is 415 g/mol. The van der Waals surface area contributed by atoms with Gasteiger partial charge in [0, 0.05) is 17.3 Å². The van der Waals surface area contributed by atoms with Gasteiger partial charge in [-0.1, -0.05) is 24.3 Å². The fourth-order valence-electron chi connectivity index (χ4n) is 2.92. The number of hydrogen-bond donors (Lipinski definition) is 1. The molecule has 0 fully saturated rings. The maximum Gasteiger partial charge on any atom is 0.262 e. The molecule has 1 heterocycles. The molecule has 0 aliphatic heterocycles. The number of aromatic nitrogens is 1. The van der Waals surface area contributed by atoms with Crippen LogP contribution in [0.4, 0.5) is 5.69 Å². The SMILES string of the molecule is COc1cc(C#N)ccc1OCC(=O)Nc1cccc(-c2nc3ccccc3s2)c1. The highest BCUT2D eigenvalue weighted by Crippen LogP contribution is 2.31. The molecule has 0 spiro atoms. The van der Waals surface area contributed by atoms with Crippen LogP contribution in [0.5, 0.6) is 11.5 Å². The fourth-order valence-corrected chi connectivity index (χ4v) is 3.88. The third-order valence-electron chi connectivity index (χ3n) is 4.34. The van der Waals surface area contributed by atoms with Crippen LogP contribution >= 0.6 is 11.3 Å². The second kappa shape index (κ2) is 8.64. The van der Waals surface area contributed by atoms with Gasteiger partial charge in [-0.2, -0.15) is 5.26 Å². The van der Waals surface area contributed by atoms with Gasteiger partial charge in [-0.25, -0.2) is 4.98 Å². The van der Waals surface area contributed by atoms with Crippen molar-refractivity contribution in [3.8, 4) is 28.1 Å². The molecule has 0 aliphatic rings. The van der Waals surface area contributed by atoms with Crippen LogP contribution in [0.3, 0.4) is 0 Å². The van der Waals surface area contributed by atoms with Crippen LogP contribution in [0.2, 0.25) is 0 Å². The van der Waals surface area contributed by atoms with E-state index in [1.165, 1.54) is 7.11 Å². The Hall–Kier alpha value is -3.89. The first-order chi connectivity index (χ1) is 14.7. The number of anilines is 1. The summed E-state index contributed by atoms with van der Waals surface area (Å²) in [6, 6.07) is 22.3. The van der Waals surface area contributed by atoms with Crippen LogP contribution in [0.1, 0.15) is 5.56 Å². The minimum Gasteiger partial charge on any atom is -0.493 e. The minimum absolute atomic E-state index is 0.187. The lowest BCUT2D eigenvalue weighted by molar-refractivity contribution is -0.118. The number of ether oxygens (including phenoxy) is 2. The number of amides is 1. The van der Waals surface area contributed by atoms with E-state index in [0.29, 0.717) is 22.7 Å². The van der Waals surface area contributed by atoms with Gasteiger partial charge < -0.3 is 14.8 Å². The van der Waals surface area contributed by atoms with Gasteiger partial charge in [0.15, 0.2) is 18.1 Å². The highest BCUT2D eigenvalue weighted by Gasteiger charge is 2.11. The summed E-state index contributed by atoms with van der Waals surface area (Å²) in [5, 5.41) is 12.7. The molecule has 0 atom stereocenters. The van der Waals surface area contributed by atoms with Crippen LogP contribution in [-0.4, -0.2) is 24.6 Å². The van der Waals surface area contributed by atoms with Gasteiger partial charge in [-0.05, 0) is 36.4 Å². The average Bonchev–Trinajstić information content (AvgIpc) is 3.22. The molecular weight excluding hydrogens is 398 g/mol. The number of fused-ring (bicyclic) bond motifs is 1. The van der Waals surface area contributed by atoms with Crippen molar-refractivity contribution in [1.82, 2.24) is 4.98 Å². The zero-order chi connectivity index (χ0) is 20.9. The van der Waals surface area contributed by atoms with E-state index >= 15 is 0 Å². The number of hydrogen-bond acceptors (Lipinski definition) is 6. The number of nitrogens with one attached hydrogen (secondary N) is 1. The first-order valence-corrected chi connectivity index (χ1v) is 9.95. The number of para-hydroxylation sites is 1. The first kappa shape index (κ1) is 19.4. The molecule has 148 valence electrons. The number of methoxy groups -OCH3 is 1. The van der Waals surface area contributed by atoms with E-state index in [1.807, 2.05) is 54.6 Å². The maximum absolute atomic E-state index is 12.4. The summed E-state index contributed by atoms with van der Waals surface area (Å²) < 4.78 is 11.9. The van der Waals surface area contributed by atoms with Gasteiger partial charge in [-0.15, -0.1) is 11.3 Å². The van der Waals surface area contributed by atoms with Crippen LogP contribution in [-0.2, 0) is 4.79 Å². The van der Waals surface area contributed by atoms with Crippen molar-refractivity contribution in [3.63, 3.8) is 0 Å². The first-order valence-electron chi connectivity index (χ1n) is 9.13. The quantitative estimate of drug-likeness (QED) is 0.486. The molecule has 7 heteroatoms. The van der Waals surface area contributed by atoms with Gasteiger partial charge in [0.2, 0.25) is 0 Å². The van der Waals surface area contributed by atoms with E-state index in [9.17, 15) is 4.79 Å². The lowest BCUT2D eigenvalue weighted by atomic mass is 10.2. The second-order valence-corrected chi connectivity index (χ2v) is 7.41. The molecular formula is C23H17N3O3S. The normalized spacial score (nSPS) is 10.4. The molecule has 1 aromatic heterocycles. The molecule has 1 amide bonds. The van der Waals surface area contributed by atoms with Crippen LogP contribution < -0.4 is 14.8 Å². The van der Waals surface area contributed by atoms with Crippen molar-refractivity contribution < 1.29 is 14.3 Å². The Morgan fingerprint density at radius 1 is 1.10 bits per heavy atom. The summed E-state index contributed by atoms with van der Waals surface area (Å²) in [5.41, 5.74) is 3.00. The lowest BCUT2D eigenvalue weighted by Crippen LogP contribution is -2.20. The smallest absolute Gasteiger partial charge is 0.262 e. The molecule has 1 N–H and O–H groups in total. The zero-order valence-electron chi connectivity index (χ0n) is 16.1. The van der Waals surface area contributed by atoms with Crippen molar-refractivity contribution in [1.29, 1.82) is 5.26 Å². The standard InChI is InChI=1S/C23H17N3O3S/c1-28-20-11-15(13-24)9-10-19(20)29-14-22(27)25-17-6-4-5-16(12-17)23-26-18-7-2-3-8-21(18)30-23/h2-12H,14H2,1H3,(H,25,27). The number of rotatable bonds is 6. The van der Waals surface area contributed by atoms with E-state index in [2.05, 4.69) is 10.3 Å². The molecule has 4 rings (SSSR count). The van der Waals surface area contributed by atoms with E-state index in [-0.39, 0.29) is 12.5 Å². The van der Waals surface area contributed by atoms with Crippen molar-refractivity contribution in [2.45, 2.75) is 0 Å². The molecule has 4 aromatic rings. The largest absolute Gasteiger partial charge is 0.493 e. The number of carbonyl (C=O) groups is 1.